The van der Waals surface area contributed by atoms with E-state index in [4.69, 9.17) is 9.47 Å². The van der Waals surface area contributed by atoms with Gasteiger partial charge < -0.3 is 14.4 Å². The maximum Gasteiger partial charge on any atom is 0.222 e. The van der Waals surface area contributed by atoms with E-state index in [1.165, 1.54) is 5.56 Å². The van der Waals surface area contributed by atoms with Gasteiger partial charge in [0.05, 0.1) is 19.3 Å². The number of hydrogen-bond acceptors (Lipinski definition) is 3. The van der Waals surface area contributed by atoms with E-state index < -0.39 is 0 Å². The lowest BCUT2D eigenvalue weighted by molar-refractivity contribution is -0.134. The second kappa shape index (κ2) is 9.97. The molecule has 1 heterocycles. The van der Waals surface area contributed by atoms with Crippen LogP contribution in [0.4, 0.5) is 0 Å². The number of rotatable bonds is 8. The van der Waals surface area contributed by atoms with E-state index in [2.05, 4.69) is 12.1 Å². The molecule has 0 radical (unpaired) electrons. The second-order valence-corrected chi connectivity index (χ2v) is 6.64. The molecule has 138 valence electrons. The number of hydrogen-bond donors (Lipinski definition) is 0. The minimum Gasteiger partial charge on any atom is -0.494 e. The van der Waals surface area contributed by atoms with Crippen LogP contribution in [-0.4, -0.2) is 36.6 Å². The Bertz CT molecular complexity index is 652. The molecule has 0 saturated carbocycles. The summed E-state index contributed by atoms with van der Waals surface area (Å²) < 4.78 is 11.6. The van der Waals surface area contributed by atoms with Crippen LogP contribution in [-0.2, 0) is 16.1 Å². The molecule has 2 aromatic rings. The second-order valence-electron chi connectivity index (χ2n) is 6.64. The lowest BCUT2D eigenvalue weighted by Crippen LogP contribution is -2.40. The number of piperidine rings is 1. The fourth-order valence-corrected chi connectivity index (χ4v) is 3.15. The van der Waals surface area contributed by atoms with E-state index in [0.717, 1.165) is 38.1 Å². The summed E-state index contributed by atoms with van der Waals surface area (Å²) in [6.45, 7) is 2.80. The first-order valence-corrected chi connectivity index (χ1v) is 9.42. The standard InChI is InChI=1S/C22H27NO3/c24-22(12-7-17-25-20-10-5-2-6-11-20)23-15-13-21(14-16-23)26-18-19-8-3-1-4-9-19/h1-6,8-11,21H,7,12-18H2. The van der Waals surface area contributed by atoms with Crippen molar-refractivity contribution in [2.75, 3.05) is 19.7 Å². The third-order valence-electron chi connectivity index (χ3n) is 4.67. The molecule has 0 aromatic heterocycles. The fourth-order valence-electron chi connectivity index (χ4n) is 3.15. The molecule has 0 atom stereocenters. The molecule has 0 aliphatic carbocycles. The zero-order valence-corrected chi connectivity index (χ0v) is 15.2. The predicted molar refractivity (Wildman–Crippen MR) is 102 cm³/mol. The summed E-state index contributed by atoms with van der Waals surface area (Å²) in [5, 5.41) is 0. The zero-order valence-electron chi connectivity index (χ0n) is 15.2. The van der Waals surface area contributed by atoms with Crippen LogP contribution in [0.25, 0.3) is 0 Å². The molecular formula is C22H27NO3. The van der Waals surface area contributed by atoms with Crippen molar-refractivity contribution in [1.82, 2.24) is 4.90 Å². The molecule has 4 heteroatoms. The molecule has 1 aliphatic heterocycles. The number of carbonyl (C=O) groups excluding carboxylic acids is 1. The predicted octanol–water partition coefficient (Wildman–Crippen LogP) is 4.05. The molecule has 1 fully saturated rings. The Morgan fingerprint density at radius 1 is 0.962 bits per heavy atom. The van der Waals surface area contributed by atoms with Crippen molar-refractivity contribution in [2.24, 2.45) is 0 Å². The van der Waals surface area contributed by atoms with E-state index in [1.807, 2.05) is 53.4 Å². The summed E-state index contributed by atoms with van der Waals surface area (Å²) in [7, 11) is 0. The Morgan fingerprint density at radius 3 is 2.31 bits per heavy atom. The molecule has 4 nitrogen and oxygen atoms in total. The average Bonchev–Trinajstić information content (AvgIpc) is 2.71. The molecule has 1 aliphatic rings. The maximum atomic E-state index is 12.3. The number of ether oxygens (including phenoxy) is 2. The van der Waals surface area contributed by atoms with Crippen LogP contribution in [0.15, 0.2) is 60.7 Å². The Hall–Kier alpha value is -2.33. The van der Waals surface area contributed by atoms with Crippen molar-refractivity contribution >= 4 is 5.91 Å². The minimum absolute atomic E-state index is 0.225. The largest absolute Gasteiger partial charge is 0.494 e. The average molecular weight is 353 g/mol. The summed E-state index contributed by atoms with van der Waals surface area (Å²) >= 11 is 0. The highest BCUT2D eigenvalue weighted by molar-refractivity contribution is 5.76. The third kappa shape index (κ3) is 5.88. The first-order chi connectivity index (χ1) is 12.8. The minimum atomic E-state index is 0.225. The molecule has 0 N–H and O–H groups in total. The Labute approximate surface area is 155 Å². The number of nitrogens with zero attached hydrogens (tertiary/aromatic N) is 1. The van der Waals surface area contributed by atoms with Crippen LogP contribution < -0.4 is 4.74 Å². The number of carbonyl (C=O) groups is 1. The van der Waals surface area contributed by atoms with Gasteiger partial charge in [0.15, 0.2) is 0 Å². The van der Waals surface area contributed by atoms with Crippen molar-refractivity contribution in [3.63, 3.8) is 0 Å². The van der Waals surface area contributed by atoms with Gasteiger partial charge in [-0.05, 0) is 37.0 Å². The molecule has 1 saturated heterocycles. The Kier molecular flexibility index (Phi) is 7.08. The van der Waals surface area contributed by atoms with Crippen molar-refractivity contribution in [3.05, 3.63) is 66.2 Å². The van der Waals surface area contributed by atoms with Gasteiger partial charge >= 0.3 is 0 Å². The zero-order chi connectivity index (χ0) is 18.0. The highest BCUT2D eigenvalue weighted by Gasteiger charge is 2.22. The lowest BCUT2D eigenvalue weighted by atomic mass is 10.1. The molecule has 3 rings (SSSR count). The molecule has 2 aromatic carbocycles. The van der Waals surface area contributed by atoms with Crippen LogP contribution in [0, 0.1) is 0 Å². The number of para-hydroxylation sites is 1. The van der Waals surface area contributed by atoms with Crippen molar-refractivity contribution in [3.8, 4) is 5.75 Å². The molecule has 0 bridgehead atoms. The number of amides is 1. The SMILES string of the molecule is O=C(CCCOc1ccccc1)N1CCC(OCc2ccccc2)CC1. The van der Waals surface area contributed by atoms with Gasteiger partial charge in [-0.1, -0.05) is 48.5 Å². The van der Waals surface area contributed by atoms with Crippen LogP contribution in [0.2, 0.25) is 0 Å². The highest BCUT2D eigenvalue weighted by atomic mass is 16.5. The summed E-state index contributed by atoms with van der Waals surface area (Å²) in [6, 6.07) is 20.0. The van der Waals surface area contributed by atoms with Gasteiger partial charge in [-0.2, -0.15) is 0 Å². The summed E-state index contributed by atoms with van der Waals surface area (Å²) in [4.78, 5) is 14.3. The number of likely N-dealkylation sites (tertiary alicyclic amines) is 1. The lowest BCUT2D eigenvalue weighted by Gasteiger charge is -2.32. The monoisotopic (exact) mass is 353 g/mol. The van der Waals surface area contributed by atoms with Gasteiger partial charge in [0, 0.05) is 19.5 Å². The topological polar surface area (TPSA) is 38.8 Å². The van der Waals surface area contributed by atoms with Crippen molar-refractivity contribution < 1.29 is 14.3 Å². The summed E-state index contributed by atoms with van der Waals surface area (Å²) in [6.07, 6.45) is 3.37. The first kappa shape index (κ1) is 18.5. The van der Waals surface area contributed by atoms with Gasteiger partial charge in [0.1, 0.15) is 5.75 Å². The van der Waals surface area contributed by atoms with Crippen LogP contribution in [0.5, 0.6) is 5.75 Å². The van der Waals surface area contributed by atoms with Gasteiger partial charge in [0.2, 0.25) is 5.91 Å². The normalized spacial score (nSPS) is 15.0. The molecule has 0 spiro atoms. The van der Waals surface area contributed by atoms with E-state index >= 15 is 0 Å². The van der Waals surface area contributed by atoms with Crippen molar-refractivity contribution in [1.29, 1.82) is 0 Å². The molecule has 26 heavy (non-hydrogen) atoms. The summed E-state index contributed by atoms with van der Waals surface area (Å²) in [5.41, 5.74) is 1.20. The smallest absolute Gasteiger partial charge is 0.222 e. The van der Waals surface area contributed by atoms with Gasteiger partial charge in [-0.3, -0.25) is 4.79 Å². The van der Waals surface area contributed by atoms with Gasteiger partial charge in [0.25, 0.3) is 0 Å². The summed E-state index contributed by atoms with van der Waals surface area (Å²) in [5.74, 6) is 1.08. The van der Waals surface area contributed by atoms with E-state index in [1.54, 1.807) is 0 Å². The highest BCUT2D eigenvalue weighted by Crippen LogP contribution is 2.17. The van der Waals surface area contributed by atoms with E-state index in [9.17, 15) is 4.79 Å². The molecular weight excluding hydrogens is 326 g/mol. The van der Waals surface area contributed by atoms with E-state index in [-0.39, 0.29) is 12.0 Å². The fraction of sp³-hybridized carbons (Fsp3) is 0.409. The van der Waals surface area contributed by atoms with Crippen LogP contribution in [0.3, 0.4) is 0 Å². The number of benzene rings is 2. The van der Waals surface area contributed by atoms with Crippen molar-refractivity contribution in [2.45, 2.75) is 38.4 Å². The van der Waals surface area contributed by atoms with E-state index in [0.29, 0.717) is 19.6 Å². The molecule has 0 unspecified atom stereocenters. The first-order valence-electron chi connectivity index (χ1n) is 9.42. The van der Waals surface area contributed by atoms with Crippen LogP contribution >= 0.6 is 0 Å². The Morgan fingerprint density at radius 2 is 1.62 bits per heavy atom. The Balaban J connectivity index is 1.29. The third-order valence-corrected chi connectivity index (χ3v) is 4.67. The molecule has 1 amide bonds. The van der Waals surface area contributed by atoms with Gasteiger partial charge in [-0.15, -0.1) is 0 Å². The maximum absolute atomic E-state index is 12.3. The van der Waals surface area contributed by atoms with Gasteiger partial charge in [-0.25, -0.2) is 0 Å². The van der Waals surface area contributed by atoms with Crippen LogP contribution in [0.1, 0.15) is 31.2 Å². The quantitative estimate of drug-likeness (QED) is 0.672.